The van der Waals surface area contributed by atoms with Gasteiger partial charge in [0, 0.05) is 86.7 Å². The monoisotopic (exact) mass is 1330 g/mol. The molecule has 11 amide bonds. The minimum Gasteiger partial charge on any atom is -0.391 e. The summed E-state index contributed by atoms with van der Waals surface area (Å²) < 4.78 is 0. The summed E-state index contributed by atoms with van der Waals surface area (Å²) in [5.41, 5.74) is 0.676. The highest BCUT2D eigenvalue weighted by Crippen LogP contribution is 2.24. The van der Waals surface area contributed by atoms with E-state index in [-0.39, 0.29) is 74.3 Å². The average molecular weight is 1340 g/mol. The van der Waals surface area contributed by atoms with Gasteiger partial charge in [0.25, 0.3) is 11.8 Å². The number of benzene rings is 1. The first-order chi connectivity index (χ1) is 44.3. The predicted octanol–water partition coefficient (Wildman–Crippen LogP) is 3.24. The lowest BCUT2D eigenvalue weighted by Crippen LogP contribution is -2.63. The van der Waals surface area contributed by atoms with E-state index >= 15 is 0 Å². The summed E-state index contributed by atoms with van der Waals surface area (Å²) in [6.07, 6.45) is 1.30. The second-order valence-electron chi connectivity index (χ2n) is 28.7. The van der Waals surface area contributed by atoms with Crippen molar-refractivity contribution in [1.82, 2.24) is 60.9 Å². The Morgan fingerprint density at radius 3 is 1.71 bits per heavy atom. The van der Waals surface area contributed by atoms with Gasteiger partial charge in [0.1, 0.15) is 30.2 Å². The molecule has 0 saturated carbocycles. The second-order valence-corrected chi connectivity index (χ2v) is 28.7. The van der Waals surface area contributed by atoms with Gasteiger partial charge in [0.2, 0.25) is 53.2 Å². The molecule has 2 saturated heterocycles. The first-order valence-electron chi connectivity index (χ1n) is 34.4. The molecule has 536 valence electrons. The van der Waals surface area contributed by atoms with Crippen LogP contribution in [0.3, 0.4) is 0 Å². The first kappa shape index (κ1) is 82.2. The Labute approximate surface area is 566 Å². The molecule has 1 aromatic rings. The lowest BCUT2D eigenvalue weighted by Gasteiger charge is -2.37. The number of amides is 11. The zero-order valence-corrected chi connectivity index (χ0v) is 60.8. The Bertz CT molecular complexity index is 2760. The number of hydrogen-bond acceptors (Lipinski definition) is 14. The number of hydrogen-bond donors (Lipinski definition) is 6. The minimum atomic E-state index is -1.81. The van der Waals surface area contributed by atoms with Crippen molar-refractivity contribution in [3.63, 3.8) is 0 Å². The van der Waals surface area contributed by atoms with E-state index in [2.05, 4.69) is 26.6 Å². The maximum atomic E-state index is 15.0. The Hall–Kier alpha value is -7.02. The highest BCUT2D eigenvalue weighted by molar-refractivity contribution is 6.08. The molecule has 0 spiro atoms. The number of Topliss-reactive ketones (excluding diaryl/α,β-unsaturated/α-hetero) is 1. The molecule has 0 bridgehead atoms. The van der Waals surface area contributed by atoms with Gasteiger partial charge in [-0.05, 0) is 108 Å². The van der Waals surface area contributed by atoms with Crippen LogP contribution in [0.4, 0.5) is 0 Å². The molecule has 0 unspecified atom stereocenters. The third kappa shape index (κ3) is 24.9. The molecule has 0 aliphatic carbocycles. The molecule has 6 N–H and O–H groups in total. The lowest BCUT2D eigenvalue weighted by atomic mass is 9.91. The summed E-state index contributed by atoms with van der Waals surface area (Å²) in [6, 6.07) is -1.99. The molecule has 2 heterocycles. The fourth-order valence-corrected chi connectivity index (χ4v) is 12.2. The van der Waals surface area contributed by atoms with Crippen LogP contribution in [0.2, 0.25) is 0 Å². The molecule has 0 radical (unpaired) electrons. The van der Waals surface area contributed by atoms with Gasteiger partial charge in [-0.1, -0.05) is 106 Å². The van der Waals surface area contributed by atoms with Crippen LogP contribution in [0.1, 0.15) is 160 Å². The minimum absolute atomic E-state index is 0.00494. The van der Waals surface area contributed by atoms with Gasteiger partial charge in [-0.25, -0.2) is 0 Å². The fourth-order valence-electron chi connectivity index (χ4n) is 12.2. The number of likely N-dealkylation sites (tertiary alicyclic amines) is 1. The number of carbonyl (C=O) groups is 12. The summed E-state index contributed by atoms with van der Waals surface area (Å²) in [5, 5.41) is 25.1. The van der Waals surface area contributed by atoms with E-state index in [0.29, 0.717) is 50.8 Å². The van der Waals surface area contributed by atoms with Crippen LogP contribution in [0.15, 0.2) is 30.3 Å². The smallest absolute Gasteiger partial charge is 0.255 e. The van der Waals surface area contributed by atoms with Gasteiger partial charge in [0.05, 0.1) is 36.6 Å². The summed E-state index contributed by atoms with van der Waals surface area (Å²) in [4.78, 5) is 184. The number of aliphatic hydroxyl groups excluding tert-OH is 1. The number of likely N-dealkylation sites (N-methyl/N-ethyl adjacent to an activating group) is 5. The largest absolute Gasteiger partial charge is 0.391 e. The Kier molecular flexibility index (Phi) is 33.4. The van der Waals surface area contributed by atoms with Gasteiger partial charge in [0.15, 0.2) is 11.8 Å². The Balaban J connectivity index is 2.21. The van der Waals surface area contributed by atoms with Crippen LogP contribution >= 0.6 is 0 Å². The number of rotatable bonds is 13. The normalized spacial score (nSPS) is 27.5. The van der Waals surface area contributed by atoms with Crippen molar-refractivity contribution in [2.75, 3.05) is 75.0 Å². The quantitative estimate of drug-likeness (QED) is 0.155. The maximum absolute atomic E-state index is 15.0. The fraction of sp³-hybridized carbons (Fsp3) is 0.743. The molecule has 2 aliphatic heterocycles. The molecular weight excluding hydrogens is 1220 g/mol. The van der Waals surface area contributed by atoms with Gasteiger partial charge in [-0.15, -0.1) is 0 Å². The number of ketones is 1. The molecule has 2 fully saturated rings. The number of carbonyl (C=O) groups excluding carboxylic acids is 12. The van der Waals surface area contributed by atoms with Crippen molar-refractivity contribution in [2.45, 2.75) is 222 Å². The number of aliphatic hydroxyl groups is 1. The van der Waals surface area contributed by atoms with E-state index in [1.165, 1.54) is 80.4 Å². The van der Waals surface area contributed by atoms with Crippen LogP contribution in [0.25, 0.3) is 0 Å². The van der Waals surface area contributed by atoms with Crippen molar-refractivity contribution in [3.8, 4) is 0 Å². The van der Waals surface area contributed by atoms with Gasteiger partial charge in [-0.2, -0.15) is 0 Å². The molecule has 95 heavy (non-hydrogen) atoms. The lowest BCUT2D eigenvalue weighted by molar-refractivity contribution is -0.152. The summed E-state index contributed by atoms with van der Waals surface area (Å²) in [6.45, 7) is 25.3. The molecule has 13 atom stereocenters. The molecule has 1 aromatic carbocycles. The summed E-state index contributed by atoms with van der Waals surface area (Å²) in [7, 11) is 9.03. The molecule has 3 rings (SSSR count). The van der Waals surface area contributed by atoms with Crippen molar-refractivity contribution >= 4 is 70.8 Å². The van der Waals surface area contributed by atoms with E-state index in [0.717, 1.165) is 11.3 Å². The van der Waals surface area contributed by atoms with Crippen molar-refractivity contribution in [1.29, 1.82) is 0 Å². The number of nitrogens with one attached hydrogen (secondary N) is 5. The van der Waals surface area contributed by atoms with Crippen LogP contribution < -0.4 is 26.6 Å². The predicted molar refractivity (Wildman–Crippen MR) is 364 cm³/mol. The van der Waals surface area contributed by atoms with Crippen LogP contribution in [-0.4, -0.2) is 246 Å². The highest BCUT2D eigenvalue weighted by Gasteiger charge is 2.43. The van der Waals surface area contributed by atoms with Crippen LogP contribution in [-0.2, 0) is 64.0 Å². The molecule has 2 aliphatic rings. The Morgan fingerprint density at radius 1 is 0.579 bits per heavy atom. The first-order valence-corrected chi connectivity index (χ1v) is 34.4. The van der Waals surface area contributed by atoms with Crippen LogP contribution in [0, 0.1) is 41.4 Å². The van der Waals surface area contributed by atoms with E-state index in [9.17, 15) is 62.6 Å². The van der Waals surface area contributed by atoms with Crippen molar-refractivity contribution in [3.05, 3.63) is 35.9 Å². The topological polar surface area (TPSA) is 308 Å². The van der Waals surface area contributed by atoms with Crippen molar-refractivity contribution in [2.24, 2.45) is 41.4 Å². The SMILES string of the molecule is CC[C@H](C)[C@@H]1NC(=O)[C@H](CC(C)C)CN(C)C(=O)[C@H](C(C)C)CN(C)CC(=O)[C@H](C)NC(=O)[C@H](C)N(C)C(=O)[C@H](Cc2ccccc2)NC(=O)C[C@H]([C@@H](C)O)NC(=O)[C@H](CC(C)C)N(C)C(=O)C[C@H](CC(C)C)N(C)C(=O)[C@H](C)N(C)C(=O)[C@@H](C(=O)N2CCCCC2)NC1=O. The van der Waals surface area contributed by atoms with Gasteiger partial charge in [-0.3, -0.25) is 62.4 Å². The summed E-state index contributed by atoms with van der Waals surface area (Å²) in [5.74, 6) is -9.81. The number of piperidine rings is 1. The zero-order valence-electron chi connectivity index (χ0n) is 60.8. The van der Waals surface area contributed by atoms with Crippen molar-refractivity contribution < 1.29 is 62.6 Å². The Morgan fingerprint density at radius 2 is 1.16 bits per heavy atom. The third-order valence-electron chi connectivity index (χ3n) is 18.9. The number of nitrogens with zero attached hydrogens (tertiary/aromatic N) is 7. The standard InChI is InChI=1S/C70H118N12O13/c1-21-45(10)60-65(90)75-61(70(95)82-30-26-23-27-31-82)69(94)79(18)48(13)66(91)80(19)52(33-42(4)5)36-59(86)81(20)56(34-43(6)7)64(89)73-54(49(14)83)37-58(85)72-55(35-50-28-24-22-25-29-50)68(93)78(17)47(12)62(87)71-46(11)57(84)40-76(15)39-53(44(8)9)67(92)77(16)38-51(32-41(2)3)63(88)74-60/h22,24-25,28-29,41-49,51-56,60-61,83H,21,23,26-27,30-40H2,1-20H3,(H,71,87)(H,72,85)(H,73,89)(H,74,88)(H,75,90)/t45-,46-,47-,48-,49+,51+,52-,53-,54+,55-,56-,60-,61-/m0/s1. The van der Waals surface area contributed by atoms with E-state index in [1.54, 1.807) is 56.3 Å². The molecule has 25 nitrogen and oxygen atoms in total. The van der Waals surface area contributed by atoms with Crippen LogP contribution in [0.5, 0.6) is 0 Å². The third-order valence-corrected chi connectivity index (χ3v) is 18.9. The molecule has 0 aromatic heterocycles. The molecular formula is C70H118N12O13. The van der Waals surface area contributed by atoms with E-state index in [1.807, 2.05) is 62.3 Å². The highest BCUT2D eigenvalue weighted by atomic mass is 16.3. The van der Waals surface area contributed by atoms with Gasteiger partial charge >= 0.3 is 0 Å². The summed E-state index contributed by atoms with van der Waals surface area (Å²) >= 11 is 0. The zero-order chi connectivity index (χ0) is 72.0. The maximum Gasteiger partial charge on any atom is 0.255 e. The van der Waals surface area contributed by atoms with E-state index < -0.39 is 144 Å². The average Bonchev–Trinajstić information content (AvgIpc) is 0.862. The molecule has 25 heteroatoms. The second kappa shape index (κ2) is 38.7. The van der Waals surface area contributed by atoms with Gasteiger partial charge < -0.3 is 61.1 Å². The van der Waals surface area contributed by atoms with E-state index in [4.69, 9.17) is 0 Å².